The Balaban J connectivity index is 1.62. The van der Waals surface area contributed by atoms with Crippen molar-refractivity contribution in [2.24, 2.45) is 5.92 Å². The zero-order valence-corrected chi connectivity index (χ0v) is 21.8. The number of nitrogens with zero attached hydrogens (tertiary/aromatic N) is 3. The minimum absolute atomic E-state index is 0.0254. The van der Waals surface area contributed by atoms with Crippen molar-refractivity contribution >= 4 is 52.2 Å². The smallest absolute Gasteiger partial charge is 0.307 e. The van der Waals surface area contributed by atoms with Crippen LogP contribution in [0.15, 0.2) is 30.5 Å². The number of carbonyl (C=O) groups is 4. The number of para-hydroxylation sites is 1. The summed E-state index contributed by atoms with van der Waals surface area (Å²) in [7, 11) is 2.69. The number of methoxy groups -OCH3 is 2. The highest BCUT2D eigenvalue weighted by Gasteiger charge is 2.30. The summed E-state index contributed by atoms with van der Waals surface area (Å²) < 4.78 is 32.3. The Labute approximate surface area is 231 Å². The first-order chi connectivity index (χ1) is 20.0. The van der Waals surface area contributed by atoms with Crippen LogP contribution in [-0.4, -0.2) is 66.6 Å². The lowest BCUT2D eigenvalue weighted by Gasteiger charge is -2.16. The molecule has 1 aliphatic rings. The molecule has 0 bridgehead atoms. The molecule has 0 saturated heterocycles. The standard InChI is InChI=1S/C25H27N7O6S/c1-26-24(36)20-16(11-18(31-32-20)30-22(34)13-7-8-13)29-15-6-4-5-14(21(15)38-3)25-28-12-17(39-25)23(35)27-10-9-19(33)37-2/h4-6,11-13H,7-10H2,1-3H3,(H,26,36)(H,27,35)(H2,29,30,31,34)/i1D3. The van der Waals surface area contributed by atoms with Crippen LogP contribution >= 0.6 is 11.3 Å². The fourth-order valence-corrected chi connectivity index (χ4v) is 4.34. The number of aromatic nitrogens is 3. The summed E-state index contributed by atoms with van der Waals surface area (Å²) in [4.78, 5) is 53.5. The third kappa shape index (κ3) is 6.65. The van der Waals surface area contributed by atoms with Gasteiger partial charge in [0.25, 0.3) is 11.8 Å². The van der Waals surface area contributed by atoms with Crippen LogP contribution in [0.3, 0.4) is 0 Å². The average Bonchev–Trinajstić information content (AvgIpc) is 3.68. The minimum Gasteiger partial charge on any atom is -0.494 e. The van der Waals surface area contributed by atoms with E-state index in [1.807, 2.05) is 5.32 Å². The van der Waals surface area contributed by atoms with Crippen molar-refractivity contribution < 1.29 is 32.8 Å². The van der Waals surface area contributed by atoms with E-state index in [4.69, 9.17) is 8.85 Å². The molecule has 4 rings (SSSR count). The molecule has 1 aliphatic carbocycles. The van der Waals surface area contributed by atoms with Crippen molar-refractivity contribution in [1.82, 2.24) is 25.8 Å². The van der Waals surface area contributed by atoms with Gasteiger partial charge in [-0.2, -0.15) is 0 Å². The van der Waals surface area contributed by atoms with Gasteiger partial charge < -0.3 is 30.7 Å². The van der Waals surface area contributed by atoms with Crippen LogP contribution in [0, 0.1) is 5.92 Å². The third-order valence-electron chi connectivity index (χ3n) is 5.61. The Morgan fingerprint density at radius 2 is 1.95 bits per heavy atom. The predicted octanol–water partition coefficient (Wildman–Crippen LogP) is 2.35. The lowest BCUT2D eigenvalue weighted by atomic mass is 10.1. The van der Waals surface area contributed by atoms with Gasteiger partial charge in [0, 0.05) is 29.6 Å². The number of anilines is 3. The molecular formula is C25H27N7O6S. The number of benzene rings is 1. The van der Waals surface area contributed by atoms with E-state index >= 15 is 0 Å². The highest BCUT2D eigenvalue weighted by atomic mass is 32.1. The molecule has 39 heavy (non-hydrogen) atoms. The van der Waals surface area contributed by atoms with Crippen molar-refractivity contribution in [2.45, 2.75) is 19.3 Å². The maximum atomic E-state index is 12.8. The van der Waals surface area contributed by atoms with E-state index in [0.29, 0.717) is 26.9 Å². The summed E-state index contributed by atoms with van der Waals surface area (Å²) in [5, 5.41) is 18.4. The van der Waals surface area contributed by atoms with Crippen LogP contribution < -0.4 is 26.0 Å². The van der Waals surface area contributed by atoms with E-state index in [1.54, 1.807) is 18.2 Å². The Hall–Kier alpha value is -4.59. The van der Waals surface area contributed by atoms with Crippen molar-refractivity contribution in [3.05, 3.63) is 41.0 Å². The van der Waals surface area contributed by atoms with Gasteiger partial charge in [-0.1, -0.05) is 6.07 Å². The van der Waals surface area contributed by atoms with E-state index in [-0.39, 0.29) is 42.0 Å². The SMILES string of the molecule is [2H]C([2H])([2H])NC(=O)c1nnc(NC(=O)C2CC2)cc1Nc1cccc(-c2ncc(C(=O)NCCC(=O)OC)s2)c1OC. The second-order valence-electron chi connectivity index (χ2n) is 8.33. The summed E-state index contributed by atoms with van der Waals surface area (Å²) in [6.45, 7) is -2.68. The maximum Gasteiger partial charge on any atom is 0.307 e. The number of thiazole rings is 1. The molecule has 13 nitrogen and oxygen atoms in total. The van der Waals surface area contributed by atoms with Crippen molar-refractivity contribution in [2.75, 3.05) is 38.4 Å². The molecule has 1 aromatic carbocycles. The van der Waals surface area contributed by atoms with Gasteiger partial charge in [0.15, 0.2) is 17.3 Å². The first kappa shape index (κ1) is 23.5. The zero-order chi connectivity index (χ0) is 30.4. The summed E-state index contributed by atoms with van der Waals surface area (Å²) in [5.41, 5.74) is 0.588. The fourth-order valence-electron chi connectivity index (χ4n) is 3.49. The number of esters is 1. The number of hydrogen-bond acceptors (Lipinski definition) is 11. The fraction of sp³-hybridized carbons (Fsp3) is 0.320. The molecule has 0 radical (unpaired) electrons. The van der Waals surface area contributed by atoms with E-state index in [1.165, 1.54) is 26.5 Å². The number of rotatable bonds is 11. The van der Waals surface area contributed by atoms with Gasteiger partial charge in [-0.3, -0.25) is 19.2 Å². The van der Waals surface area contributed by atoms with Gasteiger partial charge in [-0.25, -0.2) is 4.98 Å². The van der Waals surface area contributed by atoms with Gasteiger partial charge in [-0.15, -0.1) is 21.5 Å². The Morgan fingerprint density at radius 3 is 2.67 bits per heavy atom. The number of amides is 3. The molecule has 3 amide bonds. The van der Waals surface area contributed by atoms with Gasteiger partial charge in [-0.05, 0) is 25.0 Å². The van der Waals surface area contributed by atoms with E-state index in [9.17, 15) is 19.2 Å². The molecule has 2 aromatic heterocycles. The largest absolute Gasteiger partial charge is 0.494 e. The average molecular weight is 557 g/mol. The van der Waals surface area contributed by atoms with Crippen LogP contribution in [-0.2, 0) is 14.3 Å². The Kier molecular flexibility index (Phi) is 7.42. The predicted molar refractivity (Wildman–Crippen MR) is 143 cm³/mol. The molecule has 14 heteroatoms. The molecule has 204 valence electrons. The lowest BCUT2D eigenvalue weighted by molar-refractivity contribution is -0.140. The quantitative estimate of drug-likeness (QED) is 0.257. The number of hydrogen-bond donors (Lipinski definition) is 4. The van der Waals surface area contributed by atoms with E-state index in [0.717, 1.165) is 24.2 Å². The molecule has 0 aliphatic heterocycles. The molecule has 1 saturated carbocycles. The van der Waals surface area contributed by atoms with Crippen molar-refractivity contribution in [1.29, 1.82) is 0 Å². The number of nitrogens with one attached hydrogen (secondary N) is 4. The Morgan fingerprint density at radius 1 is 1.13 bits per heavy atom. The van der Waals surface area contributed by atoms with Crippen LogP contribution in [0.25, 0.3) is 10.6 Å². The van der Waals surface area contributed by atoms with Gasteiger partial charge in [0.2, 0.25) is 5.91 Å². The molecule has 2 heterocycles. The van der Waals surface area contributed by atoms with Crippen molar-refractivity contribution in [3.63, 3.8) is 0 Å². The van der Waals surface area contributed by atoms with E-state index in [2.05, 4.69) is 35.9 Å². The van der Waals surface area contributed by atoms with Gasteiger partial charge in [0.1, 0.15) is 9.88 Å². The van der Waals surface area contributed by atoms with Crippen LogP contribution in [0.5, 0.6) is 5.75 Å². The molecular weight excluding hydrogens is 526 g/mol. The van der Waals surface area contributed by atoms with Crippen molar-refractivity contribution in [3.8, 4) is 16.3 Å². The van der Waals surface area contributed by atoms with Gasteiger partial charge >= 0.3 is 5.97 Å². The van der Waals surface area contributed by atoms with E-state index < -0.39 is 24.8 Å². The van der Waals surface area contributed by atoms with Gasteiger partial charge in [0.05, 0.1) is 43.8 Å². The highest BCUT2D eigenvalue weighted by molar-refractivity contribution is 7.17. The zero-order valence-electron chi connectivity index (χ0n) is 24.0. The molecule has 0 unspecified atom stereocenters. The summed E-state index contributed by atoms with van der Waals surface area (Å²) >= 11 is 1.09. The minimum atomic E-state index is -2.78. The first-order valence-electron chi connectivity index (χ1n) is 13.3. The summed E-state index contributed by atoms with van der Waals surface area (Å²) in [5.74, 6) is -1.85. The molecule has 1 fully saturated rings. The number of ether oxygens (including phenoxy) is 2. The second-order valence-corrected chi connectivity index (χ2v) is 9.36. The highest BCUT2D eigenvalue weighted by Crippen LogP contribution is 2.40. The Bertz CT molecular complexity index is 1510. The van der Waals surface area contributed by atoms with Crippen LogP contribution in [0.1, 0.15) is 43.5 Å². The molecule has 3 aromatic rings. The topological polar surface area (TPSA) is 174 Å². The maximum absolute atomic E-state index is 12.8. The number of carbonyl (C=O) groups excluding carboxylic acids is 4. The third-order valence-corrected chi connectivity index (χ3v) is 6.64. The molecule has 0 atom stereocenters. The second kappa shape index (κ2) is 12.3. The lowest BCUT2D eigenvalue weighted by Crippen LogP contribution is -2.25. The first-order valence-corrected chi connectivity index (χ1v) is 12.6. The summed E-state index contributed by atoms with van der Waals surface area (Å²) in [6.07, 6.45) is 2.95. The monoisotopic (exact) mass is 556 g/mol. The van der Waals surface area contributed by atoms with Crippen LogP contribution in [0.2, 0.25) is 0 Å². The molecule has 4 N–H and O–H groups in total. The van der Waals surface area contributed by atoms with Crippen LogP contribution in [0.4, 0.5) is 17.2 Å². The molecule has 0 spiro atoms. The summed E-state index contributed by atoms with van der Waals surface area (Å²) in [6, 6.07) is 6.42. The normalized spacial score (nSPS) is 13.7.